The molecule has 1 atom stereocenters. The van der Waals surface area contributed by atoms with Crippen LogP contribution in [-0.2, 0) is 4.79 Å². The third-order valence-electron chi connectivity index (χ3n) is 5.85. The summed E-state index contributed by atoms with van der Waals surface area (Å²) in [5.74, 6) is -0.0523. The van der Waals surface area contributed by atoms with Crippen molar-refractivity contribution < 1.29 is 18.4 Å². The first-order valence-corrected chi connectivity index (χ1v) is 10.7. The molecular formula is C25H28N2O4. The number of hydrogen-bond donors (Lipinski definition) is 1. The van der Waals surface area contributed by atoms with E-state index in [0.717, 1.165) is 42.4 Å². The Morgan fingerprint density at radius 1 is 1.00 bits per heavy atom. The van der Waals surface area contributed by atoms with Gasteiger partial charge in [0.15, 0.2) is 11.8 Å². The Morgan fingerprint density at radius 3 is 2.23 bits per heavy atom. The van der Waals surface area contributed by atoms with E-state index in [1.165, 1.54) is 17.4 Å². The molecule has 1 aromatic carbocycles. The maximum Gasteiger partial charge on any atom is 0.295 e. The first-order valence-electron chi connectivity index (χ1n) is 10.7. The standard InChI is InChI=1S/C25H28N2O4/c1-16-14-17(2)22(18(3)15-16)27(25(29)21-11-7-13-31-21)23(20-10-6-12-30-20)24(28)26-19-8-4-5-9-19/h6-7,10-15,19,23H,4-5,8-9H2,1-3H3,(H,26,28)/t23-/m1/s1. The molecular weight excluding hydrogens is 392 g/mol. The Balaban J connectivity index is 1.84. The molecule has 1 N–H and O–H groups in total. The van der Waals surface area contributed by atoms with Gasteiger partial charge < -0.3 is 14.2 Å². The van der Waals surface area contributed by atoms with E-state index in [1.54, 1.807) is 24.3 Å². The topological polar surface area (TPSA) is 75.7 Å². The van der Waals surface area contributed by atoms with Gasteiger partial charge in [0.2, 0.25) is 0 Å². The summed E-state index contributed by atoms with van der Waals surface area (Å²) in [5.41, 5.74) is 3.59. The monoisotopic (exact) mass is 420 g/mol. The summed E-state index contributed by atoms with van der Waals surface area (Å²) in [7, 11) is 0. The number of amides is 2. The van der Waals surface area contributed by atoms with Gasteiger partial charge in [-0.1, -0.05) is 30.5 Å². The van der Waals surface area contributed by atoms with Crippen molar-refractivity contribution in [3.8, 4) is 0 Å². The summed E-state index contributed by atoms with van der Waals surface area (Å²) >= 11 is 0. The quantitative estimate of drug-likeness (QED) is 0.591. The van der Waals surface area contributed by atoms with Crippen molar-refractivity contribution in [3.63, 3.8) is 0 Å². The number of hydrogen-bond acceptors (Lipinski definition) is 4. The minimum atomic E-state index is -0.951. The fraction of sp³-hybridized carbons (Fsp3) is 0.360. The highest BCUT2D eigenvalue weighted by Crippen LogP contribution is 2.36. The third kappa shape index (κ3) is 4.29. The van der Waals surface area contributed by atoms with Crippen LogP contribution in [0.5, 0.6) is 0 Å². The molecule has 6 nitrogen and oxygen atoms in total. The van der Waals surface area contributed by atoms with Crippen LogP contribution in [0, 0.1) is 20.8 Å². The smallest absolute Gasteiger partial charge is 0.295 e. The first-order chi connectivity index (χ1) is 15.0. The molecule has 1 saturated carbocycles. The van der Waals surface area contributed by atoms with Crippen LogP contribution < -0.4 is 10.2 Å². The molecule has 6 heteroatoms. The molecule has 2 aromatic heterocycles. The van der Waals surface area contributed by atoms with E-state index in [9.17, 15) is 9.59 Å². The van der Waals surface area contributed by atoms with Gasteiger partial charge in [-0.05, 0) is 69.0 Å². The van der Waals surface area contributed by atoms with Gasteiger partial charge in [-0.2, -0.15) is 0 Å². The number of carbonyl (C=O) groups is 2. The predicted octanol–water partition coefficient (Wildman–Crippen LogP) is 5.24. The number of furan rings is 2. The Hall–Kier alpha value is -3.28. The van der Waals surface area contributed by atoms with Gasteiger partial charge in [-0.15, -0.1) is 0 Å². The molecule has 0 radical (unpaired) electrons. The maximum absolute atomic E-state index is 13.7. The third-order valence-corrected chi connectivity index (χ3v) is 5.85. The van der Waals surface area contributed by atoms with Gasteiger partial charge in [0.05, 0.1) is 18.2 Å². The number of benzene rings is 1. The fourth-order valence-electron chi connectivity index (χ4n) is 4.59. The van der Waals surface area contributed by atoms with E-state index in [4.69, 9.17) is 8.83 Å². The number of anilines is 1. The molecule has 0 bridgehead atoms. The summed E-state index contributed by atoms with van der Waals surface area (Å²) in [6.45, 7) is 5.91. The molecule has 162 valence electrons. The number of nitrogens with one attached hydrogen (secondary N) is 1. The summed E-state index contributed by atoms with van der Waals surface area (Å²) in [6, 6.07) is 9.94. The van der Waals surface area contributed by atoms with Gasteiger partial charge in [0, 0.05) is 6.04 Å². The molecule has 0 saturated heterocycles. The van der Waals surface area contributed by atoms with Gasteiger partial charge in [0.1, 0.15) is 5.76 Å². The molecule has 2 heterocycles. The van der Waals surface area contributed by atoms with Gasteiger partial charge >= 0.3 is 0 Å². The normalized spacial score (nSPS) is 15.1. The molecule has 0 unspecified atom stereocenters. The molecule has 1 aliphatic rings. The first kappa shape index (κ1) is 21.0. The van der Waals surface area contributed by atoms with Crippen LogP contribution >= 0.6 is 0 Å². The lowest BCUT2D eigenvalue weighted by atomic mass is 10.0. The van der Waals surface area contributed by atoms with Gasteiger partial charge in [-0.25, -0.2) is 0 Å². The van der Waals surface area contributed by atoms with E-state index in [1.807, 2.05) is 32.9 Å². The van der Waals surface area contributed by atoms with Crippen molar-refractivity contribution in [2.24, 2.45) is 0 Å². The van der Waals surface area contributed by atoms with Crippen LogP contribution in [0.15, 0.2) is 57.8 Å². The Morgan fingerprint density at radius 2 is 1.65 bits per heavy atom. The average molecular weight is 421 g/mol. The zero-order valence-corrected chi connectivity index (χ0v) is 18.2. The number of rotatable bonds is 6. The fourth-order valence-corrected chi connectivity index (χ4v) is 4.59. The second-order valence-electron chi connectivity index (χ2n) is 8.31. The van der Waals surface area contributed by atoms with Crippen LogP contribution in [0.25, 0.3) is 0 Å². The lowest BCUT2D eigenvalue weighted by Crippen LogP contribution is -2.46. The second-order valence-corrected chi connectivity index (χ2v) is 8.31. The maximum atomic E-state index is 13.7. The predicted molar refractivity (Wildman–Crippen MR) is 118 cm³/mol. The van der Waals surface area contributed by atoms with Gasteiger partial charge in [-0.3, -0.25) is 14.5 Å². The van der Waals surface area contributed by atoms with Crippen LogP contribution in [-0.4, -0.2) is 17.9 Å². The Labute approximate surface area is 182 Å². The van der Waals surface area contributed by atoms with Crippen molar-refractivity contribution in [1.29, 1.82) is 0 Å². The molecule has 31 heavy (non-hydrogen) atoms. The van der Waals surface area contributed by atoms with Crippen molar-refractivity contribution >= 4 is 17.5 Å². The van der Waals surface area contributed by atoms with Gasteiger partial charge in [0.25, 0.3) is 11.8 Å². The minimum absolute atomic E-state index is 0.116. The molecule has 2 amide bonds. The molecule has 0 aliphatic heterocycles. The lowest BCUT2D eigenvalue weighted by Gasteiger charge is -2.32. The number of carbonyl (C=O) groups excluding carboxylic acids is 2. The highest BCUT2D eigenvalue weighted by atomic mass is 16.3. The highest BCUT2D eigenvalue weighted by molar-refractivity contribution is 6.09. The van der Waals surface area contributed by atoms with Crippen LogP contribution in [0.3, 0.4) is 0 Å². The average Bonchev–Trinajstić information content (AvgIpc) is 3.48. The summed E-state index contributed by atoms with van der Waals surface area (Å²) in [4.78, 5) is 28.8. The molecule has 0 spiro atoms. The van der Waals surface area contributed by atoms with Crippen molar-refractivity contribution in [3.05, 3.63) is 77.1 Å². The Kier molecular flexibility index (Phi) is 5.98. The van der Waals surface area contributed by atoms with Crippen molar-refractivity contribution in [1.82, 2.24) is 5.32 Å². The zero-order valence-electron chi connectivity index (χ0n) is 18.2. The number of nitrogens with zero attached hydrogens (tertiary/aromatic N) is 1. The second kappa shape index (κ2) is 8.84. The summed E-state index contributed by atoms with van der Waals surface area (Å²) < 4.78 is 11.1. The SMILES string of the molecule is Cc1cc(C)c(N(C(=O)c2ccco2)[C@@H](C(=O)NC2CCCC2)c2ccco2)c(C)c1. The minimum Gasteiger partial charge on any atom is -0.467 e. The van der Waals surface area contributed by atoms with Crippen molar-refractivity contribution in [2.45, 2.75) is 58.5 Å². The van der Waals surface area contributed by atoms with Crippen molar-refractivity contribution in [2.75, 3.05) is 4.90 Å². The lowest BCUT2D eigenvalue weighted by molar-refractivity contribution is -0.123. The molecule has 3 aromatic rings. The highest BCUT2D eigenvalue weighted by Gasteiger charge is 2.38. The van der Waals surface area contributed by atoms with Crippen LogP contribution in [0.1, 0.15) is 64.7 Å². The Bertz CT molecular complexity index is 1020. The zero-order chi connectivity index (χ0) is 22.0. The molecule has 4 rings (SSSR count). The largest absolute Gasteiger partial charge is 0.467 e. The van der Waals surface area contributed by atoms with Crippen LogP contribution in [0.2, 0.25) is 0 Å². The van der Waals surface area contributed by atoms with Crippen LogP contribution in [0.4, 0.5) is 5.69 Å². The van der Waals surface area contributed by atoms with E-state index in [2.05, 4.69) is 5.32 Å². The van der Waals surface area contributed by atoms with E-state index in [0.29, 0.717) is 11.4 Å². The van der Waals surface area contributed by atoms with E-state index >= 15 is 0 Å². The molecule has 1 aliphatic carbocycles. The summed E-state index contributed by atoms with van der Waals surface area (Å²) in [5, 5.41) is 3.14. The van der Waals surface area contributed by atoms with E-state index in [-0.39, 0.29) is 23.6 Å². The summed E-state index contributed by atoms with van der Waals surface area (Å²) in [6.07, 6.45) is 7.08. The molecule has 1 fully saturated rings. The number of aryl methyl sites for hydroxylation is 3. The van der Waals surface area contributed by atoms with E-state index < -0.39 is 6.04 Å².